The molecule has 124 valence electrons. The van der Waals surface area contributed by atoms with E-state index in [2.05, 4.69) is 14.9 Å². The Morgan fingerprint density at radius 3 is 2.82 bits per heavy atom. The third kappa shape index (κ3) is 4.52. The van der Waals surface area contributed by atoms with Gasteiger partial charge in [0.2, 0.25) is 0 Å². The van der Waals surface area contributed by atoms with Gasteiger partial charge in [-0.15, -0.1) is 0 Å². The van der Waals surface area contributed by atoms with Crippen LogP contribution in [0.3, 0.4) is 0 Å². The highest BCUT2D eigenvalue weighted by Gasteiger charge is 2.25. The van der Waals surface area contributed by atoms with Crippen molar-refractivity contribution in [3.05, 3.63) is 18.5 Å². The minimum Gasteiger partial charge on any atom is -0.390 e. The summed E-state index contributed by atoms with van der Waals surface area (Å²) >= 11 is 0. The Morgan fingerprint density at radius 1 is 1.18 bits per heavy atom. The number of aromatic nitrogens is 2. The monoisotopic (exact) mass is 308 g/mol. The largest absolute Gasteiger partial charge is 0.390 e. The van der Waals surface area contributed by atoms with E-state index in [0.29, 0.717) is 6.04 Å². The molecule has 1 aromatic heterocycles. The number of piperidine rings is 1. The van der Waals surface area contributed by atoms with Crippen LogP contribution in [-0.2, 0) is 11.3 Å². The number of morpholine rings is 1. The zero-order valence-corrected chi connectivity index (χ0v) is 13.3. The molecular weight excluding hydrogens is 280 g/mol. The molecule has 0 amide bonds. The summed E-state index contributed by atoms with van der Waals surface area (Å²) in [6, 6.07) is 2.47. The van der Waals surface area contributed by atoms with Crippen LogP contribution in [0.4, 0.5) is 0 Å². The first-order valence-corrected chi connectivity index (χ1v) is 8.51. The molecule has 2 atom stereocenters. The predicted molar refractivity (Wildman–Crippen MR) is 84.7 cm³/mol. The van der Waals surface area contributed by atoms with Crippen molar-refractivity contribution in [1.29, 1.82) is 0 Å². The molecule has 1 N–H and O–H groups in total. The van der Waals surface area contributed by atoms with E-state index in [9.17, 15) is 5.11 Å². The zero-order chi connectivity index (χ0) is 15.2. The van der Waals surface area contributed by atoms with Crippen LogP contribution in [0.2, 0.25) is 0 Å². The van der Waals surface area contributed by atoms with E-state index in [0.717, 1.165) is 52.5 Å². The van der Waals surface area contributed by atoms with Gasteiger partial charge in [0.05, 0.1) is 25.9 Å². The van der Waals surface area contributed by atoms with E-state index in [1.165, 1.54) is 19.3 Å². The average molecular weight is 308 g/mol. The maximum Gasteiger partial charge on any atom is 0.0793 e. The number of rotatable bonds is 6. The van der Waals surface area contributed by atoms with Crippen molar-refractivity contribution >= 4 is 0 Å². The second-order valence-corrected chi connectivity index (χ2v) is 6.44. The minimum atomic E-state index is -0.281. The van der Waals surface area contributed by atoms with Gasteiger partial charge in [-0.3, -0.25) is 14.5 Å². The normalized spacial score (nSPS) is 26.1. The molecule has 3 heterocycles. The molecule has 6 nitrogen and oxygen atoms in total. The predicted octanol–water partition coefficient (Wildman–Crippen LogP) is 0.431. The highest BCUT2D eigenvalue weighted by molar-refractivity contribution is 4.84. The van der Waals surface area contributed by atoms with Gasteiger partial charge in [0.1, 0.15) is 0 Å². The molecule has 0 aromatic carbocycles. The van der Waals surface area contributed by atoms with E-state index >= 15 is 0 Å². The second-order valence-electron chi connectivity index (χ2n) is 6.44. The van der Waals surface area contributed by atoms with Gasteiger partial charge in [-0.25, -0.2) is 0 Å². The van der Waals surface area contributed by atoms with Crippen molar-refractivity contribution < 1.29 is 9.84 Å². The minimum absolute atomic E-state index is 0.281. The summed E-state index contributed by atoms with van der Waals surface area (Å²) in [4.78, 5) is 4.76. The van der Waals surface area contributed by atoms with Crippen molar-refractivity contribution in [3.63, 3.8) is 0 Å². The van der Waals surface area contributed by atoms with Gasteiger partial charge in [0.25, 0.3) is 0 Å². The van der Waals surface area contributed by atoms with Crippen molar-refractivity contribution in [2.75, 3.05) is 45.9 Å². The molecule has 6 heteroatoms. The van der Waals surface area contributed by atoms with E-state index in [1.54, 1.807) is 0 Å². The highest BCUT2D eigenvalue weighted by atomic mass is 16.5. The molecule has 0 unspecified atom stereocenters. The fraction of sp³-hybridized carbons (Fsp3) is 0.812. The zero-order valence-electron chi connectivity index (χ0n) is 13.3. The molecule has 3 rings (SSSR count). The summed E-state index contributed by atoms with van der Waals surface area (Å²) < 4.78 is 7.37. The summed E-state index contributed by atoms with van der Waals surface area (Å²) in [7, 11) is 0. The van der Waals surface area contributed by atoms with Crippen LogP contribution in [0.1, 0.15) is 19.3 Å². The number of hydrogen-bond donors (Lipinski definition) is 1. The van der Waals surface area contributed by atoms with Crippen molar-refractivity contribution in [1.82, 2.24) is 19.6 Å². The molecule has 2 aliphatic heterocycles. The van der Waals surface area contributed by atoms with Gasteiger partial charge >= 0.3 is 0 Å². The first-order chi connectivity index (χ1) is 10.8. The maximum absolute atomic E-state index is 10.5. The van der Waals surface area contributed by atoms with Crippen molar-refractivity contribution in [2.24, 2.45) is 0 Å². The summed E-state index contributed by atoms with van der Waals surface area (Å²) in [6.07, 6.45) is 7.29. The number of aliphatic hydroxyl groups excluding tert-OH is 1. The standard InChI is InChI=1S/C16H28N4O2/c21-16(13-18-8-10-22-11-9-18)14-19-6-2-1-4-15(19)12-20-7-3-5-17-20/h3,5,7,15-16,21H,1-2,4,6,8-14H2/t15-,16-/m0/s1. The molecule has 0 spiro atoms. The second kappa shape index (κ2) is 8.06. The molecule has 0 saturated carbocycles. The third-order valence-corrected chi connectivity index (χ3v) is 4.72. The third-order valence-electron chi connectivity index (χ3n) is 4.72. The van der Waals surface area contributed by atoms with Crippen molar-refractivity contribution in [2.45, 2.75) is 38.0 Å². The number of ether oxygens (including phenoxy) is 1. The maximum atomic E-state index is 10.5. The number of β-amino-alcohol motifs (C(OH)–C–C–N with tert-alkyl or cyclic N) is 1. The number of nitrogens with zero attached hydrogens (tertiary/aromatic N) is 4. The fourth-order valence-electron chi connectivity index (χ4n) is 3.54. The number of aliphatic hydroxyl groups is 1. The van der Waals surface area contributed by atoms with Crippen LogP contribution in [0.25, 0.3) is 0 Å². The van der Waals surface area contributed by atoms with E-state index in [4.69, 9.17) is 4.74 Å². The molecule has 2 aliphatic rings. The van der Waals surface area contributed by atoms with Gasteiger partial charge in [0, 0.05) is 44.6 Å². The molecule has 0 aliphatic carbocycles. The lowest BCUT2D eigenvalue weighted by Gasteiger charge is -2.38. The topological polar surface area (TPSA) is 53.8 Å². The molecule has 2 fully saturated rings. The van der Waals surface area contributed by atoms with Gasteiger partial charge in [-0.2, -0.15) is 5.10 Å². The summed E-state index contributed by atoms with van der Waals surface area (Å²) in [5.41, 5.74) is 0. The Balaban J connectivity index is 1.49. The van der Waals surface area contributed by atoms with Crippen molar-refractivity contribution in [3.8, 4) is 0 Å². The first kappa shape index (κ1) is 15.9. The highest BCUT2D eigenvalue weighted by Crippen LogP contribution is 2.19. The SMILES string of the molecule is O[C@@H](CN1CCOCC1)CN1CCCC[C@H]1Cn1cccn1. The van der Waals surface area contributed by atoms with Crippen LogP contribution in [0, 0.1) is 0 Å². The lowest BCUT2D eigenvalue weighted by Crippen LogP contribution is -2.49. The quantitative estimate of drug-likeness (QED) is 0.826. The molecule has 22 heavy (non-hydrogen) atoms. The lowest BCUT2D eigenvalue weighted by atomic mass is 10.0. The van der Waals surface area contributed by atoms with Gasteiger partial charge in [-0.1, -0.05) is 6.42 Å². The van der Waals surface area contributed by atoms with E-state index in [1.807, 2.05) is 23.1 Å². The Labute approximate surface area is 132 Å². The smallest absolute Gasteiger partial charge is 0.0793 e. The Kier molecular flexibility index (Phi) is 5.83. The van der Waals surface area contributed by atoms with Crippen LogP contribution >= 0.6 is 0 Å². The molecule has 0 bridgehead atoms. The lowest BCUT2D eigenvalue weighted by molar-refractivity contribution is -0.00183. The van der Waals surface area contributed by atoms with Crippen LogP contribution < -0.4 is 0 Å². The fourth-order valence-corrected chi connectivity index (χ4v) is 3.54. The van der Waals surface area contributed by atoms with Crippen LogP contribution in [0.5, 0.6) is 0 Å². The van der Waals surface area contributed by atoms with Crippen LogP contribution in [0.15, 0.2) is 18.5 Å². The molecule has 0 radical (unpaired) electrons. The number of likely N-dealkylation sites (tertiary alicyclic amines) is 1. The molecular formula is C16H28N4O2. The van der Waals surface area contributed by atoms with Gasteiger partial charge in [0.15, 0.2) is 0 Å². The summed E-state index contributed by atoms with van der Waals surface area (Å²) in [6.45, 7) is 7.00. The van der Waals surface area contributed by atoms with E-state index in [-0.39, 0.29) is 6.10 Å². The molecule has 2 saturated heterocycles. The van der Waals surface area contributed by atoms with E-state index < -0.39 is 0 Å². The Bertz CT molecular complexity index is 420. The Hall–Kier alpha value is -0.950. The number of hydrogen-bond acceptors (Lipinski definition) is 5. The summed E-state index contributed by atoms with van der Waals surface area (Å²) in [5.74, 6) is 0. The molecule has 1 aromatic rings. The summed E-state index contributed by atoms with van der Waals surface area (Å²) in [5, 5.41) is 14.8. The van der Waals surface area contributed by atoms with Gasteiger partial charge < -0.3 is 9.84 Å². The van der Waals surface area contributed by atoms with Gasteiger partial charge in [-0.05, 0) is 25.5 Å². The average Bonchev–Trinajstić information content (AvgIpc) is 3.03. The van der Waals surface area contributed by atoms with Crippen LogP contribution in [-0.4, -0.2) is 82.8 Å². The Morgan fingerprint density at radius 2 is 2.05 bits per heavy atom. The first-order valence-electron chi connectivity index (χ1n) is 8.51.